The fourth-order valence-corrected chi connectivity index (χ4v) is 2.20. The summed E-state index contributed by atoms with van der Waals surface area (Å²) in [6.45, 7) is 5.33. The number of methoxy groups -OCH3 is 1. The molecule has 5 heteroatoms. The van der Waals surface area contributed by atoms with Crippen LogP contribution in [0.3, 0.4) is 0 Å². The van der Waals surface area contributed by atoms with Gasteiger partial charge in [-0.05, 0) is 24.1 Å². The molecule has 0 saturated carbocycles. The van der Waals surface area contributed by atoms with Gasteiger partial charge < -0.3 is 19.7 Å². The number of carbonyl (C=O) groups is 1. The van der Waals surface area contributed by atoms with Crippen LogP contribution in [0.4, 0.5) is 0 Å². The van der Waals surface area contributed by atoms with Crippen molar-refractivity contribution in [3.05, 3.63) is 23.8 Å². The number of nitrogens with zero attached hydrogens (tertiary/aromatic N) is 1. The van der Waals surface area contributed by atoms with Gasteiger partial charge in [0.05, 0.1) is 7.11 Å². The van der Waals surface area contributed by atoms with E-state index in [4.69, 9.17) is 9.47 Å². The zero-order valence-electron chi connectivity index (χ0n) is 12.1. The number of aryl methyl sites for hydroxylation is 1. The maximum absolute atomic E-state index is 12.0. The van der Waals surface area contributed by atoms with Gasteiger partial charge in [0, 0.05) is 26.2 Å². The van der Waals surface area contributed by atoms with Crippen LogP contribution in [0.15, 0.2) is 18.2 Å². The average Bonchev–Trinajstić information content (AvgIpc) is 2.53. The second-order valence-corrected chi connectivity index (χ2v) is 4.76. The van der Waals surface area contributed by atoms with Crippen molar-refractivity contribution in [1.29, 1.82) is 0 Å². The Balaban J connectivity index is 1.94. The van der Waals surface area contributed by atoms with Crippen LogP contribution in [-0.2, 0) is 11.2 Å². The largest absolute Gasteiger partial charge is 0.493 e. The standard InChI is InChI=1S/C15H22N2O3/c1-3-12-4-5-13(14(10-12)19-2)20-11-15(18)17-8-6-16-7-9-17/h4-5,10,16H,3,6-9,11H2,1-2H3. The van der Waals surface area contributed by atoms with Crippen LogP contribution in [0.1, 0.15) is 12.5 Å². The van der Waals surface area contributed by atoms with E-state index in [0.717, 1.165) is 32.6 Å². The van der Waals surface area contributed by atoms with Crippen LogP contribution >= 0.6 is 0 Å². The van der Waals surface area contributed by atoms with E-state index in [1.54, 1.807) is 7.11 Å². The third-order valence-corrected chi connectivity index (χ3v) is 3.46. The highest BCUT2D eigenvalue weighted by molar-refractivity contribution is 5.78. The molecule has 5 nitrogen and oxygen atoms in total. The Morgan fingerprint density at radius 1 is 1.30 bits per heavy atom. The molecule has 1 amide bonds. The summed E-state index contributed by atoms with van der Waals surface area (Å²) in [5.74, 6) is 1.32. The van der Waals surface area contributed by atoms with Gasteiger partial charge in [0.1, 0.15) is 0 Å². The predicted octanol–water partition coefficient (Wildman–Crippen LogP) is 1.07. The molecule has 1 saturated heterocycles. The smallest absolute Gasteiger partial charge is 0.260 e. The highest BCUT2D eigenvalue weighted by Gasteiger charge is 2.17. The topological polar surface area (TPSA) is 50.8 Å². The summed E-state index contributed by atoms with van der Waals surface area (Å²) in [5.41, 5.74) is 1.18. The van der Waals surface area contributed by atoms with Gasteiger partial charge in [0.15, 0.2) is 18.1 Å². The summed E-state index contributed by atoms with van der Waals surface area (Å²) in [5, 5.41) is 3.22. The molecule has 0 aliphatic carbocycles. The molecule has 1 aromatic rings. The number of amides is 1. The van der Waals surface area contributed by atoms with Crippen molar-refractivity contribution in [2.24, 2.45) is 0 Å². The molecule has 1 N–H and O–H groups in total. The molecule has 110 valence electrons. The first kappa shape index (κ1) is 14.7. The lowest BCUT2D eigenvalue weighted by atomic mass is 10.1. The molecule has 1 aromatic carbocycles. The molecule has 0 atom stereocenters. The number of nitrogens with one attached hydrogen (secondary N) is 1. The summed E-state index contributed by atoms with van der Waals surface area (Å²) >= 11 is 0. The first-order valence-corrected chi connectivity index (χ1v) is 7.02. The number of hydrogen-bond acceptors (Lipinski definition) is 4. The fraction of sp³-hybridized carbons (Fsp3) is 0.533. The Bertz CT molecular complexity index is 456. The normalized spacial score (nSPS) is 15.0. The minimum atomic E-state index is 0.0214. The monoisotopic (exact) mass is 278 g/mol. The third-order valence-electron chi connectivity index (χ3n) is 3.46. The lowest BCUT2D eigenvalue weighted by Gasteiger charge is -2.27. The quantitative estimate of drug-likeness (QED) is 0.875. The zero-order valence-corrected chi connectivity index (χ0v) is 12.1. The summed E-state index contributed by atoms with van der Waals surface area (Å²) in [7, 11) is 1.61. The minimum absolute atomic E-state index is 0.0214. The Hall–Kier alpha value is -1.75. The molecule has 0 bridgehead atoms. The number of carbonyl (C=O) groups excluding carboxylic acids is 1. The van der Waals surface area contributed by atoms with Gasteiger partial charge in [-0.2, -0.15) is 0 Å². The van der Waals surface area contributed by atoms with E-state index in [2.05, 4.69) is 12.2 Å². The molecule has 0 spiro atoms. The molecule has 1 fully saturated rings. The van der Waals surface area contributed by atoms with Crippen molar-refractivity contribution in [2.45, 2.75) is 13.3 Å². The highest BCUT2D eigenvalue weighted by Crippen LogP contribution is 2.28. The maximum atomic E-state index is 12.0. The molecule has 20 heavy (non-hydrogen) atoms. The van der Waals surface area contributed by atoms with E-state index < -0.39 is 0 Å². The van der Waals surface area contributed by atoms with Crippen LogP contribution in [0.25, 0.3) is 0 Å². The third kappa shape index (κ3) is 3.63. The Labute approximate surface area is 119 Å². The second kappa shape index (κ2) is 7.14. The molecule has 0 unspecified atom stereocenters. The molecule has 1 heterocycles. The van der Waals surface area contributed by atoms with Crippen molar-refractivity contribution in [3.8, 4) is 11.5 Å². The lowest BCUT2D eigenvalue weighted by molar-refractivity contribution is -0.133. The van der Waals surface area contributed by atoms with Gasteiger partial charge in [0.2, 0.25) is 0 Å². The molecule has 1 aliphatic rings. The van der Waals surface area contributed by atoms with Crippen LogP contribution in [0, 0.1) is 0 Å². The van der Waals surface area contributed by atoms with Gasteiger partial charge in [-0.15, -0.1) is 0 Å². The van der Waals surface area contributed by atoms with Crippen LogP contribution < -0.4 is 14.8 Å². The van der Waals surface area contributed by atoms with Gasteiger partial charge in [0.25, 0.3) is 5.91 Å². The van der Waals surface area contributed by atoms with E-state index in [1.807, 2.05) is 23.1 Å². The van der Waals surface area contributed by atoms with E-state index in [9.17, 15) is 4.79 Å². The summed E-state index contributed by atoms with van der Waals surface area (Å²) in [6.07, 6.45) is 0.941. The first-order valence-electron chi connectivity index (χ1n) is 7.02. The maximum Gasteiger partial charge on any atom is 0.260 e. The van der Waals surface area contributed by atoms with Crippen LogP contribution in [0.5, 0.6) is 11.5 Å². The van der Waals surface area contributed by atoms with Gasteiger partial charge in [-0.3, -0.25) is 4.79 Å². The minimum Gasteiger partial charge on any atom is -0.493 e. The first-order chi connectivity index (χ1) is 9.74. The van der Waals surface area contributed by atoms with E-state index in [1.165, 1.54) is 5.56 Å². The van der Waals surface area contributed by atoms with Crippen LogP contribution in [0.2, 0.25) is 0 Å². The molecular weight excluding hydrogens is 256 g/mol. The number of ether oxygens (including phenoxy) is 2. The number of hydrogen-bond donors (Lipinski definition) is 1. The Morgan fingerprint density at radius 3 is 2.70 bits per heavy atom. The zero-order chi connectivity index (χ0) is 14.4. The van der Waals surface area contributed by atoms with Crippen molar-refractivity contribution < 1.29 is 14.3 Å². The summed E-state index contributed by atoms with van der Waals surface area (Å²) < 4.78 is 10.9. The van der Waals surface area contributed by atoms with Crippen molar-refractivity contribution in [2.75, 3.05) is 39.9 Å². The molecule has 0 aromatic heterocycles. The van der Waals surface area contributed by atoms with Gasteiger partial charge in [-0.25, -0.2) is 0 Å². The fourth-order valence-electron chi connectivity index (χ4n) is 2.20. The van der Waals surface area contributed by atoms with E-state index in [-0.39, 0.29) is 12.5 Å². The average molecular weight is 278 g/mol. The Kier molecular flexibility index (Phi) is 5.24. The van der Waals surface area contributed by atoms with Gasteiger partial charge in [-0.1, -0.05) is 13.0 Å². The van der Waals surface area contributed by atoms with Crippen molar-refractivity contribution in [3.63, 3.8) is 0 Å². The van der Waals surface area contributed by atoms with E-state index in [0.29, 0.717) is 11.5 Å². The molecule has 1 aliphatic heterocycles. The van der Waals surface area contributed by atoms with Gasteiger partial charge >= 0.3 is 0 Å². The molecule has 0 radical (unpaired) electrons. The molecule has 2 rings (SSSR count). The van der Waals surface area contributed by atoms with Crippen molar-refractivity contribution in [1.82, 2.24) is 10.2 Å². The lowest BCUT2D eigenvalue weighted by Crippen LogP contribution is -2.47. The van der Waals surface area contributed by atoms with Crippen molar-refractivity contribution >= 4 is 5.91 Å². The number of piperazine rings is 1. The number of rotatable bonds is 5. The SMILES string of the molecule is CCc1ccc(OCC(=O)N2CCNCC2)c(OC)c1. The van der Waals surface area contributed by atoms with Crippen LogP contribution in [-0.4, -0.2) is 50.7 Å². The predicted molar refractivity (Wildman–Crippen MR) is 77.3 cm³/mol. The highest BCUT2D eigenvalue weighted by atomic mass is 16.5. The number of benzene rings is 1. The summed E-state index contributed by atoms with van der Waals surface area (Å²) in [4.78, 5) is 13.8. The second-order valence-electron chi connectivity index (χ2n) is 4.76. The summed E-state index contributed by atoms with van der Waals surface area (Å²) in [6, 6.07) is 5.81. The molecular formula is C15H22N2O3. The Morgan fingerprint density at radius 2 is 2.05 bits per heavy atom. The van der Waals surface area contributed by atoms with E-state index >= 15 is 0 Å².